The Balaban J connectivity index is 0.00000148. The Morgan fingerprint density at radius 1 is 1.11 bits per heavy atom. The van der Waals surface area contributed by atoms with Gasteiger partial charge in [-0.05, 0) is 55.5 Å². The molecule has 5 rings (SSSR count). The van der Waals surface area contributed by atoms with Crippen molar-refractivity contribution in [1.29, 1.82) is 0 Å². The number of nitrogens with zero attached hydrogens (tertiary/aromatic N) is 4. The van der Waals surface area contributed by atoms with E-state index >= 15 is 0 Å². The highest BCUT2D eigenvalue weighted by Crippen LogP contribution is 2.42. The zero-order valence-electron chi connectivity index (χ0n) is 25.6. The number of piperidine rings is 1. The average molecular weight is 614 g/mol. The number of aliphatic imine (C=N–C) groups is 1. The fourth-order valence-electron chi connectivity index (χ4n) is 5.59. The van der Waals surface area contributed by atoms with Crippen LogP contribution < -0.4 is 0 Å². The van der Waals surface area contributed by atoms with Gasteiger partial charge in [0.2, 0.25) is 0 Å². The third-order valence-corrected chi connectivity index (χ3v) is 7.87. The van der Waals surface area contributed by atoms with Crippen molar-refractivity contribution >= 4 is 11.9 Å². The van der Waals surface area contributed by atoms with Crippen LogP contribution in [0.2, 0.25) is 0 Å². The fraction of sp³-hybridized carbons (Fsp3) is 0.394. The highest BCUT2D eigenvalue weighted by Gasteiger charge is 2.48. The van der Waals surface area contributed by atoms with E-state index in [1.165, 1.54) is 0 Å². The van der Waals surface area contributed by atoms with Crippen LogP contribution in [0.15, 0.2) is 94.1 Å². The van der Waals surface area contributed by atoms with Crippen LogP contribution in [0.1, 0.15) is 55.1 Å². The van der Waals surface area contributed by atoms with Crippen molar-refractivity contribution in [1.82, 2.24) is 4.90 Å². The number of amides is 1. The number of carbonyl (C=O) groups is 1. The second kappa shape index (κ2) is 14.6. The van der Waals surface area contributed by atoms with Crippen LogP contribution in [0.4, 0.5) is 22.4 Å². The zero-order valence-corrected chi connectivity index (χ0v) is 24.6. The van der Waals surface area contributed by atoms with Crippen molar-refractivity contribution in [2.75, 3.05) is 27.0 Å². The second-order valence-corrected chi connectivity index (χ2v) is 10.8. The molecule has 2 aliphatic rings. The highest BCUT2D eigenvalue weighted by atomic mass is 19.4. The fourth-order valence-corrected chi connectivity index (χ4v) is 5.59. The molecule has 0 N–H and O–H groups in total. The summed E-state index contributed by atoms with van der Waals surface area (Å²) in [5.74, 6) is 0.465. The SMILES string of the molecule is Cc1cc([C@@H](C)OC[C@@]2(c3ccccc3)CCC(C3=NCN=N3)CN2C(=O)OCc2ccccc2)cc(C(F)(F)F)c1.[2H]CF. The molecule has 0 saturated carbocycles. The summed E-state index contributed by atoms with van der Waals surface area (Å²) in [6, 6.07) is 22.9. The minimum atomic E-state index is -4.47. The number of halogens is 4. The molecular formula is C33H36F4N4O3. The first-order valence-electron chi connectivity index (χ1n) is 14.9. The minimum Gasteiger partial charge on any atom is -0.445 e. The Morgan fingerprint density at radius 2 is 1.80 bits per heavy atom. The van der Waals surface area contributed by atoms with E-state index in [1.807, 2.05) is 60.7 Å². The molecule has 2 aliphatic heterocycles. The summed E-state index contributed by atoms with van der Waals surface area (Å²) in [7, 11) is -1.00. The summed E-state index contributed by atoms with van der Waals surface area (Å²) >= 11 is 0. The smallest absolute Gasteiger partial charge is 0.416 e. The van der Waals surface area contributed by atoms with Crippen molar-refractivity contribution in [2.24, 2.45) is 21.1 Å². The third-order valence-electron chi connectivity index (χ3n) is 7.87. The van der Waals surface area contributed by atoms with E-state index in [2.05, 4.69) is 15.2 Å². The van der Waals surface area contributed by atoms with E-state index in [0.29, 0.717) is 29.8 Å². The van der Waals surface area contributed by atoms with Gasteiger partial charge < -0.3 is 9.47 Å². The van der Waals surface area contributed by atoms with Gasteiger partial charge in [-0.25, -0.2) is 9.79 Å². The summed E-state index contributed by atoms with van der Waals surface area (Å²) in [5.41, 5.74) is 0.950. The van der Waals surface area contributed by atoms with Crippen molar-refractivity contribution in [3.63, 3.8) is 0 Å². The number of benzene rings is 3. The lowest BCUT2D eigenvalue weighted by Gasteiger charge is -2.49. The van der Waals surface area contributed by atoms with Gasteiger partial charge in [-0.2, -0.15) is 18.3 Å². The molecule has 234 valence electrons. The Bertz CT molecular complexity index is 1470. The maximum Gasteiger partial charge on any atom is 0.416 e. The first-order valence-corrected chi connectivity index (χ1v) is 14.2. The van der Waals surface area contributed by atoms with Crippen LogP contribution in [0, 0.1) is 12.8 Å². The highest BCUT2D eigenvalue weighted by molar-refractivity contribution is 5.86. The molecule has 0 spiro atoms. The molecule has 0 aromatic heterocycles. The predicted octanol–water partition coefficient (Wildman–Crippen LogP) is 8.44. The number of ether oxygens (including phenoxy) is 2. The van der Waals surface area contributed by atoms with Crippen LogP contribution in [-0.2, 0) is 27.8 Å². The standard InChI is InChI=1S/C32H33F3N4O3.CH3F/c1-22-15-26(17-28(16-22)32(33,34)35)23(2)42-20-31(27-11-7-4-8-12-27)14-13-25(29-36-21-37-38-29)18-39(31)30(40)41-19-24-9-5-3-6-10-24;1-2/h3-12,15-17,23,25H,13-14,18-21H2,1-2H3;1H3/t23-,25?,31-;/m1./s1/i;1D. The average Bonchev–Trinajstić information content (AvgIpc) is 3.58. The molecule has 44 heavy (non-hydrogen) atoms. The largest absolute Gasteiger partial charge is 0.445 e. The minimum absolute atomic E-state index is 0.0502. The van der Waals surface area contributed by atoms with Crippen molar-refractivity contribution in [3.05, 3.63) is 107 Å². The van der Waals surface area contributed by atoms with E-state index in [4.69, 9.17) is 10.8 Å². The van der Waals surface area contributed by atoms with Gasteiger partial charge in [-0.1, -0.05) is 72.3 Å². The molecule has 2 heterocycles. The molecule has 0 aliphatic carbocycles. The Morgan fingerprint density at radius 3 is 2.43 bits per heavy atom. The number of azo groups is 1. The van der Waals surface area contributed by atoms with Gasteiger partial charge in [0, 0.05) is 12.5 Å². The van der Waals surface area contributed by atoms with Gasteiger partial charge in [0.1, 0.15) is 6.61 Å². The first-order chi connectivity index (χ1) is 21.6. The van der Waals surface area contributed by atoms with Crippen molar-refractivity contribution in [2.45, 2.75) is 51.1 Å². The van der Waals surface area contributed by atoms with Gasteiger partial charge in [0.15, 0.2) is 12.5 Å². The van der Waals surface area contributed by atoms with Gasteiger partial charge in [0.05, 0.1) is 32.3 Å². The summed E-state index contributed by atoms with van der Waals surface area (Å²) in [6.45, 7) is 4.05. The van der Waals surface area contributed by atoms with Gasteiger partial charge >= 0.3 is 12.3 Å². The van der Waals surface area contributed by atoms with Crippen LogP contribution in [0.5, 0.6) is 0 Å². The molecule has 1 amide bonds. The molecule has 0 bridgehead atoms. The van der Waals surface area contributed by atoms with Crippen molar-refractivity contribution in [3.8, 4) is 0 Å². The molecule has 11 heteroatoms. The summed E-state index contributed by atoms with van der Waals surface area (Å²) < 4.78 is 68.3. The maximum absolute atomic E-state index is 13.9. The van der Waals surface area contributed by atoms with Gasteiger partial charge in [-0.3, -0.25) is 9.29 Å². The van der Waals surface area contributed by atoms with Crippen LogP contribution in [-0.4, -0.2) is 43.8 Å². The molecule has 3 atom stereocenters. The lowest BCUT2D eigenvalue weighted by atomic mass is 9.77. The Hall–Kier alpha value is -4.12. The Labute approximate surface area is 256 Å². The molecule has 7 nitrogen and oxygen atoms in total. The first kappa shape index (κ1) is 31.3. The third kappa shape index (κ3) is 7.68. The maximum atomic E-state index is 13.9. The van der Waals surface area contributed by atoms with E-state index in [0.717, 1.165) is 23.3 Å². The summed E-state index contributed by atoms with van der Waals surface area (Å²) in [4.78, 5) is 19.9. The summed E-state index contributed by atoms with van der Waals surface area (Å²) in [6.07, 6.45) is -4.49. The number of aryl methyl sites for hydroxylation is 1. The number of amidine groups is 1. The number of alkyl halides is 4. The van der Waals surface area contributed by atoms with Crippen LogP contribution in [0.25, 0.3) is 0 Å². The monoisotopic (exact) mass is 613 g/mol. The van der Waals surface area contributed by atoms with Crippen LogP contribution in [0.3, 0.4) is 0 Å². The van der Waals surface area contributed by atoms with E-state index < -0.39 is 36.6 Å². The molecular weight excluding hydrogens is 576 g/mol. The molecule has 3 aromatic carbocycles. The second-order valence-electron chi connectivity index (χ2n) is 10.8. The molecule has 1 fully saturated rings. The Kier molecular flexibility index (Phi) is 10.4. The molecule has 1 unspecified atom stereocenters. The van der Waals surface area contributed by atoms with Crippen LogP contribution >= 0.6 is 0 Å². The van der Waals surface area contributed by atoms with E-state index in [1.54, 1.807) is 24.8 Å². The van der Waals surface area contributed by atoms with E-state index in [-0.39, 0.29) is 32.3 Å². The van der Waals surface area contributed by atoms with Crippen molar-refractivity contribution < 1.29 is 33.2 Å². The number of carbonyl (C=O) groups excluding carboxylic acids is 1. The van der Waals surface area contributed by atoms with E-state index in [9.17, 15) is 22.4 Å². The lowest BCUT2D eigenvalue weighted by Crippen LogP contribution is -2.58. The summed E-state index contributed by atoms with van der Waals surface area (Å²) in [5, 5.41) is 8.18. The quantitative estimate of drug-likeness (QED) is 0.239. The van der Waals surface area contributed by atoms with Gasteiger partial charge in [-0.15, -0.1) is 5.11 Å². The predicted molar refractivity (Wildman–Crippen MR) is 159 cm³/mol. The number of hydrogen-bond donors (Lipinski definition) is 0. The number of rotatable bonds is 8. The normalized spacial score (nSPS) is 20.7. The topological polar surface area (TPSA) is 75.9 Å². The van der Waals surface area contributed by atoms with Gasteiger partial charge in [0.25, 0.3) is 0 Å². The molecule has 3 aromatic rings. The number of likely N-dealkylation sites (tertiary alicyclic amines) is 1. The number of hydrogen-bond acceptors (Lipinski definition) is 6. The molecule has 1 saturated heterocycles. The lowest BCUT2D eigenvalue weighted by molar-refractivity contribution is -0.137. The zero-order chi connectivity index (χ0) is 32.5. The molecule has 0 radical (unpaired) electrons.